The Kier molecular flexibility index (Phi) is 6.41. The Morgan fingerprint density at radius 2 is 1.89 bits per heavy atom. The number of rotatable bonds is 7. The number of aromatic amines is 1. The highest BCUT2D eigenvalue weighted by Gasteiger charge is 2.13. The Balaban J connectivity index is 1.66. The molecule has 0 spiro atoms. The summed E-state index contributed by atoms with van der Waals surface area (Å²) in [5, 5.41) is 7.20. The van der Waals surface area contributed by atoms with Crippen molar-refractivity contribution in [3.05, 3.63) is 70.0 Å². The Morgan fingerprint density at radius 3 is 2.57 bits per heavy atom. The van der Waals surface area contributed by atoms with Crippen LogP contribution >= 0.6 is 12.2 Å². The quantitative estimate of drug-likeness (QED) is 0.599. The summed E-state index contributed by atoms with van der Waals surface area (Å²) in [4.78, 5) is 14.4. The van der Waals surface area contributed by atoms with Crippen LogP contribution < -0.4 is 0 Å². The van der Waals surface area contributed by atoms with Crippen LogP contribution in [0.25, 0.3) is 11.4 Å². The number of benzene rings is 2. The molecule has 3 rings (SSSR count). The molecule has 0 aliphatic carbocycles. The lowest BCUT2D eigenvalue weighted by molar-refractivity contribution is -0.130. The third kappa shape index (κ3) is 4.75. The predicted octanol–water partition coefficient (Wildman–Crippen LogP) is 4.53. The molecule has 5 nitrogen and oxygen atoms in total. The van der Waals surface area contributed by atoms with E-state index in [0.29, 0.717) is 24.3 Å². The number of carbonyl (C=O) groups excluding carboxylic acids is 1. The summed E-state index contributed by atoms with van der Waals surface area (Å²) in [5.74, 6) is 0.845. The zero-order valence-electron chi connectivity index (χ0n) is 16.6. The fourth-order valence-electron chi connectivity index (χ4n) is 3.17. The third-order valence-electron chi connectivity index (χ3n) is 4.86. The first-order valence-corrected chi connectivity index (χ1v) is 9.92. The van der Waals surface area contributed by atoms with E-state index in [0.717, 1.165) is 28.9 Å². The average Bonchev–Trinajstić information content (AvgIpc) is 3.07. The molecule has 0 unspecified atom stereocenters. The van der Waals surface area contributed by atoms with Crippen LogP contribution in [0.4, 0.5) is 0 Å². The molecule has 1 amide bonds. The van der Waals surface area contributed by atoms with E-state index < -0.39 is 0 Å². The summed E-state index contributed by atoms with van der Waals surface area (Å²) in [6, 6.07) is 16.5. The minimum atomic E-state index is 0.0814. The monoisotopic (exact) mass is 394 g/mol. The Labute approximate surface area is 171 Å². The average molecular weight is 395 g/mol. The maximum Gasteiger partial charge on any atom is 0.224 e. The molecule has 28 heavy (non-hydrogen) atoms. The molecule has 2 aromatic carbocycles. The number of nitrogens with zero attached hydrogens (tertiary/aromatic N) is 3. The van der Waals surface area contributed by atoms with E-state index in [1.165, 1.54) is 5.56 Å². The first kappa shape index (κ1) is 20.0. The van der Waals surface area contributed by atoms with Gasteiger partial charge in [0.1, 0.15) is 0 Å². The van der Waals surface area contributed by atoms with Gasteiger partial charge in [-0.2, -0.15) is 5.10 Å². The molecule has 6 heteroatoms. The van der Waals surface area contributed by atoms with Crippen molar-refractivity contribution in [1.29, 1.82) is 0 Å². The maximum absolute atomic E-state index is 12.6. The number of nitrogens with one attached hydrogen (secondary N) is 1. The fourth-order valence-corrected chi connectivity index (χ4v) is 3.39. The van der Waals surface area contributed by atoms with E-state index in [2.05, 4.69) is 47.5 Å². The number of hydrogen-bond donors (Lipinski definition) is 1. The van der Waals surface area contributed by atoms with Gasteiger partial charge >= 0.3 is 0 Å². The second kappa shape index (κ2) is 8.97. The predicted molar refractivity (Wildman–Crippen MR) is 114 cm³/mol. The highest BCUT2D eigenvalue weighted by Crippen LogP contribution is 2.19. The van der Waals surface area contributed by atoms with Crippen LogP contribution in [-0.2, 0) is 24.3 Å². The van der Waals surface area contributed by atoms with Crippen molar-refractivity contribution < 1.29 is 4.79 Å². The maximum atomic E-state index is 12.6. The van der Waals surface area contributed by atoms with Gasteiger partial charge in [-0.3, -0.25) is 14.5 Å². The molecule has 0 saturated carbocycles. The molecule has 146 valence electrons. The van der Waals surface area contributed by atoms with E-state index in [4.69, 9.17) is 12.2 Å². The van der Waals surface area contributed by atoms with Crippen molar-refractivity contribution in [3.63, 3.8) is 0 Å². The molecule has 1 aromatic heterocycles. The summed E-state index contributed by atoms with van der Waals surface area (Å²) in [6.07, 6.45) is 1.39. The Bertz CT molecular complexity index is 1000. The molecule has 1 N–H and O–H groups in total. The normalized spacial score (nSPS) is 10.8. The Hall–Kier alpha value is -2.73. The van der Waals surface area contributed by atoms with Gasteiger partial charge in [0, 0.05) is 32.1 Å². The number of amides is 1. The highest BCUT2D eigenvalue weighted by molar-refractivity contribution is 7.71. The molecule has 0 fully saturated rings. The fraction of sp³-hybridized carbons (Fsp3) is 0.318. The standard InChI is InChI=1S/C22H26N4OS/c1-4-17-8-10-18(11-9-17)15-25(3)20(27)12-13-26-21(23-24-22(26)28)19-7-5-6-16(2)14-19/h5-11,14H,4,12-13,15H2,1-3H3,(H,24,28). The van der Waals surface area contributed by atoms with E-state index >= 15 is 0 Å². The van der Waals surface area contributed by atoms with Crippen LogP contribution in [-0.4, -0.2) is 32.6 Å². The van der Waals surface area contributed by atoms with Crippen molar-refractivity contribution in [1.82, 2.24) is 19.7 Å². The lowest BCUT2D eigenvalue weighted by Crippen LogP contribution is -2.27. The van der Waals surface area contributed by atoms with Crippen molar-refractivity contribution in [3.8, 4) is 11.4 Å². The number of aromatic nitrogens is 3. The van der Waals surface area contributed by atoms with Crippen molar-refractivity contribution in [2.45, 2.75) is 39.8 Å². The first-order chi connectivity index (χ1) is 13.5. The summed E-state index contributed by atoms with van der Waals surface area (Å²) in [7, 11) is 1.84. The van der Waals surface area contributed by atoms with Crippen LogP contribution in [0.3, 0.4) is 0 Å². The van der Waals surface area contributed by atoms with Crippen molar-refractivity contribution in [2.24, 2.45) is 0 Å². The van der Waals surface area contributed by atoms with E-state index in [-0.39, 0.29) is 5.91 Å². The summed E-state index contributed by atoms with van der Waals surface area (Å²) in [5.41, 5.74) is 4.58. The molecule has 0 bridgehead atoms. The van der Waals surface area contributed by atoms with Gasteiger partial charge < -0.3 is 4.90 Å². The Morgan fingerprint density at radius 1 is 1.18 bits per heavy atom. The van der Waals surface area contributed by atoms with E-state index in [9.17, 15) is 4.79 Å². The second-order valence-corrected chi connectivity index (χ2v) is 7.43. The molecule has 0 aliphatic heterocycles. The van der Waals surface area contributed by atoms with Gasteiger partial charge in [0.25, 0.3) is 0 Å². The largest absolute Gasteiger partial charge is 0.341 e. The number of carbonyl (C=O) groups is 1. The van der Waals surface area contributed by atoms with Crippen molar-refractivity contribution >= 4 is 18.1 Å². The molecular formula is C22H26N4OS. The van der Waals surface area contributed by atoms with E-state index in [1.54, 1.807) is 4.90 Å². The van der Waals surface area contributed by atoms with Gasteiger partial charge in [-0.1, -0.05) is 55.0 Å². The minimum absolute atomic E-state index is 0.0814. The number of H-pyrrole nitrogens is 1. The lowest BCUT2D eigenvalue weighted by atomic mass is 10.1. The smallest absolute Gasteiger partial charge is 0.224 e. The summed E-state index contributed by atoms with van der Waals surface area (Å²) in [6.45, 7) is 5.28. The van der Waals surface area contributed by atoms with Gasteiger partial charge in [0.2, 0.25) is 5.91 Å². The third-order valence-corrected chi connectivity index (χ3v) is 5.17. The molecule has 0 saturated heterocycles. The molecule has 3 aromatic rings. The van der Waals surface area contributed by atoms with Crippen LogP contribution in [0, 0.1) is 11.7 Å². The molecule has 0 aliphatic rings. The van der Waals surface area contributed by atoms with E-state index in [1.807, 2.05) is 36.7 Å². The number of aryl methyl sites for hydroxylation is 2. The topological polar surface area (TPSA) is 53.9 Å². The number of hydrogen-bond acceptors (Lipinski definition) is 3. The lowest BCUT2D eigenvalue weighted by Gasteiger charge is -2.18. The minimum Gasteiger partial charge on any atom is -0.341 e. The zero-order valence-corrected chi connectivity index (χ0v) is 17.4. The highest BCUT2D eigenvalue weighted by atomic mass is 32.1. The summed E-state index contributed by atoms with van der Waals surface area (Å²) < 4.78 is 2.42. The molecular weight excluding hydrogens is 368 g/mol. The zero-order chi connectivity index (χ0) is 20.1. The first-order valence-electron chi connectivity index (χ1n) is 9.52. The van der Waals surface area contributed by atoms with Gasteiger partial charge in [-0.15, -0.1) is 0 Å². The van der Waals surface area contributed by atoms with Gasteiger partial charge in [0.15, 0.2) is 10.6 Å². The van der Waals surface area contributed by atoms with Crippen molar-refractivity contribution in [2.75, 3.05) is 7.05 Å². The van der Waals surface area contributed by atoms with Crippen LogP contribution in [0.2, 0.25) is 0 Å². The van der Waals surface area contributed by atoms with Gasteiger partial charge in [-0.25, -0.2) is 0 Å². The van der Waals surface area contributed by atoms with Crippen LogP contribution in [0.1, 0.15) is 30.0 Å². The molecule has 0 atom stereocenters. The summed E-state index contributed by atoms with van der Waals surface area (Å²) >= 11 is 5.37. The second-order valence-electron chi connectivity index (χ2n) is 7.04. The van der Waals surface area contributed by atoms with Gasteiger partial charge in [0.05, 0.1) is 0 Å². The van der Waals surface area contributed by atoms with Crippen LogP contribution in [0.5, 0.6) is 0 Å². The van der Waals surface area contributed by atoms with Gasteiger partial charge in [-0.05, 0) is 42.8 Å². The molecule has 0 radical (unpaired) electrons. The van der Waals surface area contributed by atoms with Crippen LogP contribution in [0.15, 0.2) is 48.5 Å². The molecule has 1 heterocycles. The SMILES string of the molecule is CCc1ccc(CN(C)C(=O)CCn2c(-c3cccc(C)c3)n[nH]c2=S)cc1.